The number of carboxylic acid groups (broad SMARTS) is 1. The fourth-order valence-corrected chi connectivity index (χ4v) is 4.54. The summed E-state index contributed by atoms with van der Waals surface area (Å²) in [6, 6.07) is 8.39. The third kappa shape index (κ3) is 4.50. The van der Waals surface area contributed by atoms with E-state index >= 15 is 0 Å². The van der Waals surface area contributed by atoms with Crippen molar-refractivity contribution in [3.8, 4) is 0 Å². The second-order valence-electron chi connectivity index (χ2n) is 5.82. The van der Waals surface area contributed by atoms with Crippen LogP contribution in [0.1, 0.15) is 11.7 Å². The zero-order valence-electron chi connectivity index (χ0n) is 13.3. The van der Waals surface area contributed by atoms with Gasteiger partial charge in [0.25, 0.3) is 0 Å². The Balaban J connectivity index is 2.20. The van der Waals surface area contributed by atoms with Gasteiger partial charge >= 0.3 is 12.1 Å². The first-order valence-corrected chi connectivity index (χ1v) is 9.02. The maximum atomic E-state index is 13.0. The lowest BCUT2D eigenvalue weighted by molar-refractivity contribution is -0.187. The summed E-state index contributed by atoms with van der Waals surface area (Å²) in [5, 5.41) is 8.99. The van der Waals surface area contributed by atoms with Gasteiger partial charge in [0.2, 0.25) is 10.0 Å². The van der Waals surface area contributed by atoms with Crippen molar-refractivity contribution >= 4 is 16.0 Å². The van der Waals surface area contributed by atoms with Gasteiger partial charge in [-0.3, -0.25) is 4.79 Å². The fraction of sp³-hybridized carbons (Fsp3) is 0.533. The number of aliphatic carboxylic acids is 1. The molecule has 6 nitrogen and oxygen atoms in total. The number of carboxylic acids is 1. The summed E-state index contributed by atoms with van der Waals surface area (Å²) in [7, 11) is -2.83. The standard InChI is InChI=1S/C15H18F3NO5S/c1-24-13(10-5-3-2-4-6-10)9-25(22,23)19-7-11(14(20)21)12(8-19)15(16,17)18/h2-6,11-13H,7-9H2,1H3,(H,20,21)/t11-,12-,13?/m1/s1. The number of ether oxygens (including phenoxy) is 1. The molecule has 1 N–H and O–H groups in total. The SMILES string of the molecule is COC(CS(=O)(=O)N1C[C@@H](C(F)(F)F)[C@H](C(=O)O)C1)c1ccccc1. The van der Waals surface area contributed by atoms with E-state index in [0.29, 0.717) is 9.87 Å². The Morgan fingerprint density at radius 3 is 2.36 bits per heavy atom. The van der Waals surface area contributed by atoms with Crippen LogP contribution in [0.3, 0.4) is 0 Å². The van der Waals surface area contributed by atoms with E-state index in [0.717, 1.165) is 0 Å². The third-order valence-electron chi connectivity index (χ3n) is 4.24. The molecule has 0 spiro atoms. The van der Waals surface area contributed by atoms with Crippen molar-refractivity contribution in [1.82, 2.24) is 4.31 Å². The molecule has 1 saturated heterocycles. The minimum Gasteiger partial charge on any atom is -0.481 e. The van der Waals surface area contributed by atoms with Gasteiger partial charge in [-0.05, 0) is 5.56 Å². The van der Waals surface area contributed by atoms with Gasteiger partial charge in [0, 0.05) is 20.2 Å². The number of alkyl halides is 3. The lowest BCUT2D eigenvalue weighted by atomic mass is 9.96. The summed E-state index contributed by atoms with van der Waals surface area (Å²) < 4.78 is 69.8. The van der Waals surface area contributed by atoms with Crippen molar-refractivity contribution in [1.29, 1.82) is 0 Å². The van der Waals surface area contributed by atoms with Crippen LogP contribution in [-0.4, -0.2) is 55.9 Å². The topological polar surface area (TPSA) is 83.9 Å². The van der Waals surface area contributed by atoms with E-state index in [1.54, 1.807) is 30.3 Å². The van der Waals surface area contributed by atoms with Gasteiger partial charge in [-0.1, -0.05) is 30.3 Å². The van der Waals surface area contributed by atoms with E-state index in [1.807, 2.05) is 0 Å². The van der Waals surface area contributed by atoms with Gasteiger partial charge in [-0.2, -0.15) is 13.2 Å². The molecule has 2 rings (SSSR count). The molecule has 1 fully saturated rings. The Morgan fingerprint density at radius 1 is 1.32 bits per heavy atom. The van der Waals surface area contributed by atoms with Crippen molar-refractivity contribution < 1.29 is 36.2 Å². The second-order valence-corrected chi connectivity index (χ2v) is 7.84. The van der Waals surface area contributed by atoms with Crippen LogP contribution >= 0.6 is 0 Å². The van der Waals surface area contributed by atoms with Crippen LogP contribution in [0, 0.1) is 11.8 Å². The number of hydrogen-bond donors (Lipinski definition) is 1. The molecule has 1 aliphatic rings. The van der Waals surface area contributed by atoms with Gasteiger partial charge in [-0.15, -0.1) is 0 Å². The van der Waals surface area contributed by atoms with Crippen LogP contribution in [0.25, 0.3) is 0 Å². The number of carbonyl (C=O) groups is 1. The number of sulfonamides is 1. The first-order valence-electron chi connectivity index (χ1n) is 7.41. The Bertz CT molecular complexity index is 708. The monoisotopic (exact) mass is 381 g/mol. The third-order valence-corrected chi connectivity index (χ3v) is 6.04. The summed E-state index contributed by atoms with van der Waals surface area (Å²) in [6.45, 7) is -1.60. The van der Waals surface area contributed by atoms with E-state index in [-0.39, 0.29) is 0 Å². The largest absolute Gasteiger partial charge is 0.481 e. The molecule has 1 heterocycles. The molecule has 1 aromatic rings. The maximum Gasteiger partial charge on any atom is 0.393 e. The predicted octanol–water partition coefficient (Wildman–Crippen LogP) is 1.90. The molecule has 0 saturated carbocycles. The number of rotatable bonds is 6. The summed E-state index contributed by atoms with van der Waals surface area (Å²) in [4.78, 5) is 11.1. The minimum absolute atomic E-state index is 0.565. The molecule has 0 aromatic heterocycles. The smallest absolute Gasteiger partial charge is 0.393 e. The Kier molecular flexibility index (Phi) is 5.75. The van der Waals surface area contributed by atoms with Crippen LogP contribution in [0.4, 0.5) is 13.2 Å². The van der Waals surface area contributed by atoms with Crippen molar-refractivity contribution in [3.63, 3.8) is 0 Å². The van der Waals surface area contributed by atoms with E-state index in [1.165, 1.54) is 7.11 Å². The highest BCUT2D eigenvalue weighted by Gasteiger charge is 2.54. The summed E-state index contributed by atoms with van der Waals surface area (Å²) in [5.41, 5.74) is 0.565. The molecule has 3 atom stereocenters. The van der Waals surface area contributed by atoms with Crippen molar-refractivity contribution in [2.24, 2.45) is 11.8 Å². The van der Waals surface area contributed by atoms with E-state index in [9.17, 15) is 26.4 Å². The summed E-state index contributed by atoms with van der Waals surface area (Å²) >= 11 is 0. The van der Waals surface area contributed by atoms with Gasteiger partial charge in [0.05, 0.1) is 23.7 Å². The molecule has 140 valence electrons. The zero-order valence-corrected chi connectivity index (χ0v) is 14.1. The number of benzene rings is 1. The number of hydrogen-bond acceptors (Lipinski definition) is 4. The summed E-state index contributed by atoms with van der Waals surface area (Å²) in [5.74, 6) is -6.26. The zero-order chi connectivity index (χ0) is 18.8. The molecular formula is C15H18F3NO5S. The predicted molar refractivity (Wildman–Crippen MR) is 82.2 cm³/mol. The Morgan fingerprint density at radius 2 is 1.92 bits per heavy atom. The quantitative estimate of drug-likeness (QED) is 0.814. The van der Waals surface area contributed by atoms with E-state index in [4.69, 9.17) is 9.84 Å². The lowest BCUT2D eigenvalue weighted by Crippen LogP contribution is -2.35. The van der Waals surface area contributed by atoms with Crippen LogP contribution in [0.5, 0.6) is 0 Å². The normalized spacial score (nSPS) is 23.5. The molecule has 1 aliphatic heterocycles. The highest BCUT2D eigenvalue weighted by molar-refractivity contribution is 7.89. The van der Waals surface area contributed by atoms with Gasteiger partial charge in [-0.25, -0.2) is 12.7 Å². The highest BCUT2D eigenvalue weighted by atomic mass is 32.2. The van der Waals surface area contributed by atoms with Crippen molar-refractivity contribution in [3.05, 3.63) is 35.9 Å². The molecule has 25 heavy (non-hydrogen) atoms. The Hall–Kier alpha value is -1.65. The molecule has 0 amide bonds. The minimum atomic E-state index is -4.78. The second kappa shape index (κ2) is 7.30. The van der Waals surface area contributed by atoms with Crippen LogP contribution in [0.15, 0.2) is 30.3 Å². The van der Waals surface area contributed by atoms with Gasteiger partial charge in [0.15, 0.2) is 0 Å². The Labute approximate surface area is 143 Å². The lowest BCUT2D eigenvalue weighted by Gasteiger charge is -2.21. The van der Waals surface area contributed by atoms with Crippen LogP contribution in [0.2, 0.25) is 0 Å². The number of methoxy groups -OCH3 is 1. The first-order chi connectivity index (χ1) is 11.6. The molecule has 0 radical (unpaired) electrons. The summed E-state index contributed by atoms with van der Waals surface area (Å²) in [6.07, 6.45) is -5.65. The van der Waals surface area contributed by atoms with Crippen LogP contribution < -0.4 is 0 Å². The first kappa shape index (κ1) is 19.7. The molecule has 10 heteroatoms. The maximum absolute atomic E-state index is 13.0. The fourth-order valence-electron chi connectivity index (χ4n) is 2.84. The van der Waals surface area contributed by atoms with Gasteiger partial charge < -0.3 is 9.84 Å². The van der Waals surface area contributed by atoms with E-state index < -0.39 is 59.0 Å². The van der Waals surface area contributed by atoms with Gasteiger partial charge in [0.1, 0.15) is 0 Å². The molecule has 0 bridgehead atoms. The molecule has 1 unspecified atom stereocenters. The van der Waals surface area contributed by atoms with E-state index in [2.05, 4.69) is 0 Å². The molecule has 1 aromatic carbocycles. The number of nitrogens with zero attached hydrogens (tertiary/aromatic N) is 1. The van der Waals surface area contributed by atoms with Crippen molar-refractivity contribution in [2.45, 2.75) is 12.3 Å². The number of halogens is 3. The highest BCUT2D eigenvalue weighted by Crippen LogP contribution is 2.39. The molecule has 0 aliphatic carbocycles. The molecular weight excluding hydrogens is 363 g/mol. The van der Waals surface area contributed by atoms with Crippen molar-refractivity contribution in [2.75, 3.05) is 26.0 Å². The average molecular weight is 381 g/mol. The van der Waals surface area contributed by atoms with Crippen LogP contribution in [-0.2, 0) is 19.6 Å². The average Bonchev–Trinajstić information content (AvgIpc) is 3.00.